The fourth-order valence-corrected chi connectivity index (χ4v) is 3.54. The van der Waals surface area contributed by atoms with Crippen molar-refractivity contribution in [3.8, 4) is 33.8 Å². The molecule has 0 amide bonds. The van der Waals surface area contributed by atoms with Gasteiger partial charge in [-0.3, -0.25) is 20.2 Å². The molecule has 0 heterocycles. The molecule has 0 saturated heterocycles. The molecule has 0 aliphatic heterocycles. The number of halogens is 2. The third kappa shape index (κ3) is 3.87. The van der Waals surface area contributed by atoms with Crippen molar-refractivity contribution in [3.05, 3.63) is 78.8 Å². The predicted molar refractivity (Wildman–Crippen MR) is 114 cm³/mol. The molecule has 154 valence electrons. The Hall–Kier alpha value is -3.36. The first-order chi connectivity index (χ1) is 14.3. The van der Waals surface area contributed by atoms with E-state index in [1.54, 1.807) is 30.3 Å². The molecule has 3 aromatic carbocycles. The topological polar surface area (TPSA) is 105 Å². The summed E-state index contributed by atoms with van der Waals surface area (Å²) in [6.07, 6.45) is 0. The second kappa shape index (κ2) is 8.56. The van der Waals surface area contributed by atoms with E-state index in [2.05, 4.69) is 0 Å². The van der Waals surface area contributed by atoms with Crippen LogP contribution in [0.15, 0.2) is 48.5 Å². The maximum atomic E-state index is 11.2. The van der Waals surface area contributed by atoms with Gasteiger partial charge in [0, 0.05) is 23.3 Å². The Balaban J connectivity index is 2.11. The summed E-state index contributed by atoms with van der Waals surface area (Å²) in [4.78, 5) is 20.6. The summed E-state index contributed by atoms with van der Waals surface area (Å²) in [6, 6.07) is 12.2. The van der Waals surface area contributed by atoms with E-state index in [0.29, 0.717) is 28.2 Å². The smallest absolute Gasteiger partial charge is 0.346 e. The Kier molecular flexibility index (Phi) is 6.09. The lowest BCUT2D eigenvalue weighted by Gasteiger charge is -2.13. The van der Waals surface area contributed by atoms with Crippen molar-refractivity contribution in [2.75, 3.05) is 14.2 Å². The van der Waals surface area contributed by atoms with Crippen LogP contribution in [0.2, 0.25) is 10.0 Å². The minimum absolute atomic E-state index is 0.159. The summed E-state index contributed by atoms with van der Waals surface area (Å²) in [5, 5.41) is 22.6. The molecule has 0 spiro atoms. The molecule has 0 aliphatic carbocycles. The molecule has 0 bridgehead atoms. The van der Waals surface area contributed by atoms with Crippen molar-refractivity contribution in [1.29, 1.82) is 0 Å². The van der Waals surface area contributed by atoms with Gasteiger partial charge < -0.3 is 9.47 Å². The van der Waals surface area contributed by atoms with E-state index in [1.165, 1.54) is 20.3 Å². The van der Waals surface area contributed by atoms with Crippen molar-refractivity contribution < 1.29 is 19.3 Å². The number of rotatable bonds is 6. The first kappa shape index (κ1) is 21.4. The molecule has 30 heavy (non-hydrogen) atoms. The minimum Gasteiger partial charge on any atom is -0.493 e. The highest BCUT2D eigenvalue weighted by Crippen LogP contribution is 2.43. The molecule has 0 aromatic heterocycles. The molecule has 10 heteroatoms. The van der Waals surface area contributed by atoms with Gasteiger partial charge in [0.1, 0.15) is 0 Å². The van der Waals surface area contributed by atoms with Crippen LogP contribution in [0.5, 0.6) is 11.5 Å². The summed E-state index contributed by atoms with van der Waals surface area (Å²) >= 11 is 12.9. The molecule has 3 rings (SSSR count). The van der Waals surface area contributed by atoms with E-state index < -0.39 is 21.2 Å². The molecule has 0 saturated carbocycles. The zero-order valence-corrected chi connectivity index (χ0v) is 17.2. The number of hydrogen-bond donors (Lipinski definition) is 0. The van der Waals surface area contributed by atoms with Gasteiger partial charge in [0.15, 0.2) is 11.5 Å². The van der Waals surface area contributed by atoms with Crippen molar-refractivity contribution in [2.24, 2.45) is 0 Å². The second-order valence-electron chi connectivity index (χ2n) is 6.08. The average Bonchev–Trinajstić information content (AvgIpc) is 2.74. The normalized spacial score (nSPS) is 10.5. The van der Waals surface area contributed by atoms with Crippen LogP contribution in [-0.4, -0.2) is 24.1 Å². The van der Waals surface area contributed by atoms with Gasteiger partial charge in [-0.15, -0.1) is 0 Å². The molecular formula is C20H14Cl2N2O6. The van der Waals surface area contributed by atoms with Crippen LogP contribution in [-0.2, 0) is 0 Å². The lowest BCUT2D eigenvalue weighted by molar-refractivity contribution is -0.422. The maximum absolute atomic E-state index is 11.2. The number of hydrogen-bond acceptors (Lipinski definition) is 6. The summed E-state index contributed by atoms with van der Waals surface area (Å²) in [7, 11) is 3.04. The number of ether oxygens (including phenoxy) is 2. The van der Waals surface area contributed by atoms with Crippen molar-refractivity contribution >= 4 is 34.6 Å². The number of nitrogens with zero attached hydrogens (tertiary/aromatic N) is 2. The Morgan fingerprint density at radius 3 is 1.70 bits per heavy atom. The quantitative estimate of drug-likeness (QED) is 0.330. The van der Waals surface area contributed by atoms with Gasteiger partial charge in [-0.1, -0.05) is 41.4 Å². The number of nitro groups is 2. The van der Waals surface area contributed by atoms with E-state index >= 15 is 0 Å². The lowest BCUT2D eigenvalue weighted by atomic mass is 9.99. The molecular weight excluding hydrogens is 435 g/mol. The van der Waals surface area contributed by atoms with Gasteiger partial charge in [0.05, 0.1) is 34.1 Å². The van der Waals surface area contributed by atoms with E-state index in [-0.39, 0.29) is 10.0 Å². The van der Waals surface area contributed by atoms with Crippen molar-refractivity contribution in [3.63, 3.8) is 0 Å². The summed E-state index contributed by atoms with van der Waals surface area (Å²) in [5.74, 6) is 1.07. The Bertz CT molecular complexity index is 1170. The van der Waals surface area contributed by atoms with Crippen molar-refractivity contribution in [2.45, 2.75) is 0 Å². The van der Waals surface area contributed by atoms with Crippen LogP contribution in [0, 0.1) is 20.2 Å². The minimum atomic E-state index is -0.810. The molecule has 0 N–H and O–H groups in total. The van der Waals surface area contributed by atoms with Gasteiger partial charge in [-0.25, -0.2) is 0 Å². The summed E-state index contributed by atoms with van der Waals surface area (Å²) < 4.78 is 10.5. The zero-order valence-electron chi connectivity index (χ0n) is 15.7. The molecule has 8 nitrogen and oxygen atoms in total. The van der Waals surface area contributed by atoms with Crippen LogP contribution < -0.4 is 9.47 Å². The molecule has 0 fully saturated rings. The van der Waals surface area contributed by atoms with Crippen LogP contribution >= 0.6 is 23.2 Å². The Labute approximate surface area is 180 Å². The van der Waals surface area contributed by atoms with E-state index in [9.17, 15) is 20.2 Å². The van der Waals surface area contributed by atoms with Gasteiger partial charge in [0.2, 0.25) is 0 Å². The third-order valence-electron chi connectivity index (χ3n) is 4.46. The first-order valence-electron chi connectivity index (χ1n) is 8.42. The number of benzene rings is 3. The number of methoxy groups -OCH3 is 2. The van der Waals surface area contributed by atoms with E-state index in [0.717, 1.165) is 17.7 Å². The van der Waals surface area contributed by atoms with Crippen LogP contribution in [0.1, 0.15) is 0 Å². The summed E-state index contributed by atoms with van der Waals surface area (Å²) in [6.45, 7) is 0. The van der Waals surface area contributed by atoms with Crippen LogP contribution in [0.4, 0.5) is 11.4 Å². The third-order valence-corrected chi connectivity index (χ3v) is 5.34. The second-order valence-corrected chi connectivity index (χ2v) is 6.83. The highest BCUT2D eigenvalue weighted by molar-refractivity contribution is 6.45. The van der Waals surface area contributed by atoms with Crippen LogP contribution in [0.25, 0.3) is 22.3 Å². The van der Waals surface area contributed by atoms with Gasteiger partial charge in [-0.2, -0.15) is 0 Å². The van der Waals surface area contributed by atoms with Gasteiger partial charge in [0.25, 0.3) is 0 Å². The molecule has 3 aromatic rings. The SMILES string of the molecule is COc1ccc(-c2ccc(-c3ccc([N+](=O)[O-])c([N+](=O)[O-])c3)c(Cl)c2Cl)cc1OC. The number of nitro benzene ring substituents is 2. The average molecular weight is 449 g/mol. The van der Waals surface area contributed by atoms with E-state index in [4.69, 9.17) is 32.7 Å². The summed E-state index contributed by atoms with van der Waals surface area (Å²) in [5.41, 5.74) is 0.840. The zero-order chi connectivity index (χ0) is 22.0. The highest BCUT2D eigenvalue weighted by Gasteiger charge is 2.25. The predicted octanol–water partition coefficient (Wildman–Crippen LogP) is 6.16. The Morgan fingerprint density at radius 2 is 1.20 bits per heavy atom. The lowest BCUT2D eigenvalue weighted by Crippen LogP contribution is -1.97. The maximum Gasteiger partial charge on any atom is 0.346 e. The standard InChI is InChI=1S/C20H14Cl2N2O6/c1-29-17-8-4-12(10-18(17)30-2)14-6-5-13(19(21)20(14)22)11-3-7-15(23(25)26)16(9-11)24(27)28/h3-10H,1-2H3. The van der Waals surface area contributed by atoms with Crippen molar-refractivity contribution in [1.82, 2.24) is 0 Å². The van der Waals surface area contributed by atoms with E-state index in [1.807, 2.05) is 0 Å². The molecule has 0 unspecified atom stereocenters. The fourth-order valence-electron chi connectivity index (χ4n) is 2.99. The Morgan fingerprint density at radius 1 is 0.700 bits per heavy atom. The fraction of sp³-hybridized carbons (Fsp3) is 0.100. The molecule has 0 aliphatic rings. The highest BCUT2D eigenvalue weighted by atomic mass is 35.5. The monoisotopic (exact) mass is 448 g/mol. The van der Waals surface area contributed by atoms with Gasteiger partial charge >= 0.3 is 11.4 Å². The molecule has 0 atom stereocenters. The van der Waals surface area contributed by atoms with Crippen LogP contribution in [0.3, 0.4) is 0 Å². The largest absolute Gasteiger partial charge is 0.493 e. The first-order valence-corrected chi connectivity index (χ1v) is 9.17. The van der Waals surface area contributed by atoms with Gasteiger partial charge in [-0.05, 0) is 29.3 Å². The molecule has 0 radical (unpaired) electrons.